The minimum absolute atomic E-state index is 0.327. The highest BCUT2D eigenvalue weighted by molar-refractivity contribution is 5.99. The summed E-state index contributed by atoms with van der Waals surface area (Å²) < 4.78 is 0. The lowest BCUT2D eigenvalue weighted by Crippen LogP contribution is -2.43. The van der Waals surface area contributed by atoms with E-state index in [2.05, 4.69) is 50.2 Å². The van der Waals surface area contributed by atoms with Gasteiger partial charge in [-0.15, -0.1) is 0 Å². The average molecular weight is 457 g/mol. The molecule has 0 heterocycles. The smallest absolute Gasteiger partial charge is 0.134 e. The fourth-order valence-corrected chi connectivity index (χ4v) is 7.46. The molecule has 0 unspecified atom stereocenters. The molecule has 0 saturated heterocycles. The van der Waals surface area contributed by atoms with E-state index in [4.69, 9.17) is 0 Å². The van der Waals surface area contributed by atoms with Crippen molar-refractivity contribution in [2.75, 3.05) is 0 Å². The standard InChI is InChI=1S/C32H40O2/c1-3-5-7-9-11-23-13-15-29-27(17-23)28-18-24(12-10-8-6-4-2)14-16-30(28)32-21-25(33)19-31(29,32)20-26(34)22-32/h13-18H,3-12,19-22H2,1-2H3. The van der Waals surface area contributed by atoms with E-state index in [0.717, 1.165) is 12.8 Å². The Hall–Kier alpha value is -2.22. The molecule has 0 aromatic heterocycles. The Bertz CT molecular complexity index is 989. The maximum Gasteiger partial charge on any atom is 0.134 e. The molecule has 2 nitrogen and oxygen atoms in total. The number of carbonyl (C=O) groups is 2. The minimum atomic E-state index is -0.327. The first kappa shape index (κ1) is 23.5. The zero-order chi connectivity index (χ0) is 23.8. The number of hydrogen-bond acceptors (Lipinski definition) is 2. The van der Waals surface area contributed by atoms with Crippen molar-refractivity contribution in [2.24, 2.45) is 0 Å². The molecule has 0 radical (unpaired) electrons. The molecule has 2 aromatic rings. The van der Waals surface area contributed by atoms with Crippen LogP contribution >= 0.6 is 0 Å². The molecule has 2 heteroatoms. The Morgan fingerprint density at radius 3 is 1.38 bits per heavy atom. The van der Waals surface area contributed by atoms with Crippen LogP contribution in [0.25, 0.3) is 11.1 Å². The van der Waals surface area contributed by atoms with Crippen LogP contribution < -0.4 is 0 Å². The zero-order valence-corrected chi connectivity index (χ0v) is 21.2. The van der Waals surface area contributed by atoms with Crippen LogP contribution in [0.15, 0.2) is 36.4 Å². The van der Waals surface area contributed by atoms with Gasteiger partial charge in [-0.3, -0.25) is 9.59 Å². The lowest BCUT2D eigenvalue weighted by atomic mass is 9.55. The normalized spacial score (nSPS) is 24.6. The number of hydrogen-bond donors (Lipinski definition) is 0. The van der Waals surface area contributed by atoms with Crippen LogP contribution in [0.5, 0.6) is 0 Å². The topological polar surface area (TPSA) is 34.1 Å². The van der Waals surface area contributed by atoms with Crippen molar-refractivity contribution < 1.29 is 9.59 Å². The predicted octanol–water partition coefficient (Wildman–Crippen LogP) is 7.81. The van der Waals surface area contributed by atoms with Crippen molar-refractivity contribution in [3.05, 3.63) is 58.7 Å². The summed E-state index contributed by atoms with van der Waals surface area (Å²) in [6.07, 6.45) is 14.4. The zero-order valence-electron chi connectivity index (χ0n) is 21.2. The van der Waals surface area contributed by atoms with Crippen molar-refractivity contribution in [3.63, 3.8) is 0 Å². The first-order valence-corrected chi connectivity index (χ1v) is 13.8. The number of benzene rings is 2. The molecule has 180 valence electrons. The molecule has 2 aromatic carbocycles. The first-order chi connectivity index (χ1) is 16.5. The van der Waals surface area contributed by atoms with Gasteiger partial charge in [-0.05, 0) is 59.1 Å². The number of aryl methyl sites for hydroxylation is 2. The van der Waals surface area contributed by atoms with Gasteiger partial charge in [-0.1, -0.05) is 88.8 Å². The summed E-state index contributed by atoms with van der Waals surface area (Å²) in [6, 6.07) is 14.0. The predicted molar refractivity (Wildman–Crippen MR) is 139 cm³/mol. The van der Waals surface area contributed by atoms with Crippen LogP contribution in [0.3, 0.4) is 0 Å². The minimum Gasteiger partial charge on any atom is -0.300 e. The van der Waals surface area contributed by atoms with Crippen molar-refractivity contribution in [3.8, 4) is 11.1 Å². The fraction of sp³-hybridized carbons (Fsp3) is 0.562. The molecule has 5 rings (SSSR count). The van der Waals surface area contributed by atoms with E-state index in [0.29, 0.717) is 37.2 Å². The number of Topliss-reactive ketones (excluding diaryl/α,β-unsaturated/α-hetero) is 2. The Morgan fingerprint density at radius 2 is 1.00 bits per heavy atom. The van der Waals surface area contributed by atoms with Gasteiger partial charge in [0.05, 0.1) is 0 Å². The summed E-state index contributed by atoms with van der Waals surface area (Å²) in [5, 5.41) is 0. The number of rotatable bonds is 10. The third-order valence-corrected chi connectivity index (χ3v) is 9.04. The highest BCUT2D eigenvalue weighted by Crippen LogP contribution is 2.67. The molecule has 3 aliphatic rings. The number of fused-ring (bicyclic) bond motifs is 3. The van der Waals surface area contributed by atoms with E-state index in [1.807, 2.05) is 0 Å². The molecule has 34 heavy (non-hydrogen) atoms. The van der Waals surface area contributed by atoms with E-state index in [-0.39, 0.29) is 10.8 Å². The third kappa shape index (κ3) is 3.78. The van der Waals surface area contributed by atoms with Gasteiger partial charge in [-0.2, -0.15) is 0 Å². The van der Waals surface area contributed by atoms with E-state index in [9.17, 15) is 9.59 Å². The lowest BCUT2D eigenvalue weighted by Gasteiger charge is -2.46. The number of ketones is 2. The SMILES string of the molecule is CCCCCCc1ccc2c(c1)-c1cc(CCCCCC)ccc1C13CC(=O)CC21CC(=O)C3. The molecule has 0 spiro atoms. The third-order valence-electron chi connectivity index (χ3n) is 9.04. The molecule has 0 amide bonds. The Kier molecular flexibility index (Phi) is 6.53. The van der Waals surface area contributed by atoms with Gasteiger partial charge in [0.25, 0.3) is 0 Å². The monoisotopic (exact) mass is 456 g/mol. The summed E-state index contributed by atoms with van der Waals surface area (Å²) in [4.78, 5) is 25.9. The van der Waals surface area contributed by atoms with E-state index in [1.54, 1.807) is 0 Å². The molecule has 0 bridgehead atoms. The van der Waals surface area contributed by atoms with Crippen molar-refractivity contribution in [1.82, 2.24) is 0 Å². The maximum absolute atomic E-state index is 13.0. The highest BCUT2D eigenvalue weighted by atomic mass is 16.1. The fourth-order valence-electron chi connectivity index (χ4n) is 7.46. The molecule has 0 N–H and O–H groups in total. The summed E-state index contributed by atoms with van der Waals surface area (Å²) in [5.41, 5.74) is 7.30. The van der Waals surface area contributed by atoms with Crippen LogP contribution in [-0.2, 0) is 33.3 Å². The van der Waals surface area contributed by atoms with Gasteiger partial charge in [-0.25, -0.2) is 0 Å². The summed E-state index contributed by atoms with van der Waals surface area (Å²) >= 11 is 0. The average Bonchev–Trinajstić information content (AvgIpc) is 3.27. The van der Waals surface area contributed by atoms with Crippen LogP contribution in [0.4, 0.5) is 0 Å². The second-order valence-corrected chi connectivity index (χ2v) is 11.3. The number of unbranched alkanes of at least 4 members (excludes halogenated alkanes) is 6. The Morgan fingerprint density at radius 1 is 0.588 bits per heavy atom. The maximum atomic E-state index is 13.0. The molecule has 0 aliphatic heterocycles. The Labute approximate surface area is 205 Å². The molecule has 3 aliphatic carbocycles. The summed E-state index contributed by atoms with van der Waals surface area (Å²) in [6.45, 7) is 4.51. The Balaban J connectivity index is 1.58. The number of carbonyl (C=O) groups excluding carboxylic acids is 2. The van der Waals surface area contributed by atoms with Crippen molar-refractivity contribution >= 4 is 11.6 Å². The second kappa shape index (κ2) is 9.44. The van der Waals surface area contributed by atoms with E-state index in [1.165, 1.54) is 84.7 Å². The van der Waals surface area contributed by atoms with Crippen LogP contribution in [0.2, 0.25) is 0 Å². The molecular weight excluding hydrogens is 416 g/mol. The van der Waals surface area contributed by atoms with Crippen molar-refractivity contribution in [1.29, 1.82) is 0 Å². The van der Waals surface area contributed by atoms with Crippen LogP contribution in [0, 0.1) is 0 Å². The van der Waals surface area contributed by atoms with Gasteiger partial charge in [0.2, 0.25) is 0 Å². The molecular formula is C32H40O2. The van der Waals surface area contributed by atoms with Gasteiger partial charge in [0.1, 0.15) is 11.6 Å². The van der Waals surface area contributed by atoms with E-state index >= 15 is 0 Å². The van der Waals surface area contributed by atoms with Gasteiger partial charge < -0.3 is 0 Å². The van der Waals surface area contributed by atoms with E-state index < -0.39 is 0 Å². The van der Waals surface area contributed by atoms with Crippen molar-refractivity contribution in [2.45, 2.75) is 115 Å². The molecule has 2 saturated carbocycles. The summed E-state index contributed by atoms with van der Waals surface area (Å²) in [5.74, 6) is 0.664. The van der Waals surface area contributed by atoms with Gasteiger partial charge in [0.15, 0.2) is 0 Å². The van der Waals surface area contributed by atoms with Gasteiger partial charge in [0, 0.05) is 36.5 Å². The van der Waals surface area contributed by atoms with Crippen LogP contribution in [0.1, 0.15) is 113 Å². The lowest BCUT2D eigenvalue weighted by molar-refractivity contribution is -0.120. The highest BCUT2D eigenvalue weighted by Gasteiger charge is 2.67. The molecule has 2 fully saturated rings. The molecule has 0 atom stereocenters. The quantitative estimate of drug-likeness (QED) is 0.342. The van der Waals surface area contributed by atoms with Gasteiger partial charge >= 0.3 is 0 Å². The van der Waals surface area contributed by atoms with Crippen LogP contribution in [-0.4, -0.2) is 11.6 Å². The summed E-state index contributed by atoms with van der Waals surface area (Å²) in [7, 11) is 0. The first-order valence-electron chi connectivity index (χ1n) is 13.8. The second-order valence-electron chi connectivity index (χ2n) is 11.3. The largest absolute Gasteiger partial charge is 0.300 e.